The zero-order chi connectivity index (χ0) is 26.3. The van der Waals surface area contributed by atoms with Crippen LogP contribution in [-0.2, 0) is 26.2 Å². The van der Waals surface area contributed by atoms with Crippen molar-refractivity contribution in [1.82, 2.24) is 10.2 Å². The molecule has 0 saturated carbocycles. The van der Waals surface area contributed by atoms with Gasteiger partial charge in [0.25, 0.3) is 0 Å². The molecule has 192 valence electrons. The van der Waals surface area contributed by atoms with Gasteiger partial charge in [0.05, 0.1) is 27.0 Å². The number of benzene rings is 2. The van der Waals surface area contributed by atoms with Gasteiger partial charge in [0.2, 0.25) is 21.8 Å². The number of anilines is 1. The van der Waals surface area contributed by atoms with Crippen molar-refractivity contribution in [3.05, 3.63) is 63.1 Å². The number of rotatable bonds is 11. The highest BCUT2D eigenvalue weighted by Gasteiger charge is 2.32. The predicted octanol–water partition coefficient (Wildman–Crippen LogP) is 5.13. The van der Waals surface area contributed by atoms with Crippen LogP contribution in [0.15, 0.2) is 42.5 Å². The van der Waals surface area contributed by atoms with Crippen molar-refractivity contribution in [2.24, 2.45) is 0 Å². The summed E-state index contributed by atoms with van der Waals surface area (Å²) in [6.45, 7) is 5.11. The second-order valence-electron chi connectivity index (χ2n) is 8.23. The largest absolute Gasteiger partial charge is 0.352 e. The van der Waals surface area contributed by atoms with E-state index < -0.39 is 28.5 Å². The van der Waals surface area contributed by atoms with E-state index in [2.05, 4.69) is 5.32 Å². The Morgan fingerprint density at radius 2 is 1.63 bits per heavy atom. The maximum absolute atomic E-state index is 13.6. The van der Waals surface area contributed by atoms with Gasteiger partial charge in [-0.1, -0.05) is 66.8 Å². The van der Waals surface area contributed by atoms with Gasteiger partial charge in [-0.2, -0.15) is 0 Å². The standard InChI is InChI=1S/C24H30Cl3N3O4S/c1-5-16(3)28-24(32)21(6-2)29(14-17-11-12-18(25)20(27)13-17)23(31)15-30(35(4,33)34)22-10-8-7-9-19(22)26/h7-13,16,21H,5-6,14-15H2,1-4H3,(H,28,32)/t16-,21-/m0/s1. The normalized spacial score (nSPS) is 13.1. The van der Waals surface area contributed by atoms with Crippen molar-refractivity contribution in [3.8, 4) is 0 Å². The molecule has 0 aliphatic carbocycles. The van der Waals surface area contributed by atoms with Crippen LogP contribution in [0.1, 0.15) is 39.2 Å². The lowest BCUT2D eigenvalue weighted by molar-refractivity contribution is -0.140. The summed E-state index contributed by atoms with van der Waals surface area (Å²) < 4.78 is 26.2. The SMILES string of the molecule is CC[C@H](C)NC(=O)[C@H](CC)N(Cc1ccc(Cl)c(Cl)c1)C(=O)CN(c1ccccc1Cl)S(C)(=O)=O. The number of para-hydroxylation sites is 1. The van der Waals surface area contributed by atoms with Crippen LogP contribution in [0.3, 0.4) is 0 Å². The molecular formula is C24H30Cl3N3O4S. The van der Waals surface area contributed by atoms with Crippen LogP contribution < -0.4 is 9.62 Å². The monoisotopic (exact) mass is 561 g/mol. The third-order valence-electron chi connectivity index (χ3n) is 5.52. The highest BCUT2D eigenvalue weighted by Crippen LogP contribution is 2.28. The molecule has 2 aromatic rings. The van der Waals surface area contributed by atoms with Crippen molar-refractivity contribution < 1.29 is 18.0 Å². The van der Waals surface area contributed by atoms with Gasteiger partial charge in [0.1, 0.15) is 12.6 Å². The van der Waals surface area contributed by atoms with E-state index in [0.29, 0.717) is 22.0 Å². The Bertz CT molecular complexity index is 1160. The van der Waals surface area contributed by atoms with E-state index >= 15 is 0 Å². The fourth-order valence-corrected chi connectivity index (χ4v) is 4.91. The molecule has 0 spiro atoms. The summed E-state index contributed by atoms with van der Waals surface area (Å²) in [5, 5.41) is 3.76. The van der Waals surface area contributed by atoms with Crippen LogP contribution in [-0.4, -0.2) is 50.0 Å². The summed E-state index contributed by atoms with van der Waals surface area (Å²) in [5.74, 6) is -0.883. The van der Waals surface area contributed by atoms with Crippen molar-refractivity contribution in [2.75, 3.05) is 17.1 Å². The molecule has 0 saturated heterocycles. The van der Waals surface area contributed by atoms with Crippen LogP contribution in [0.2, 0.25) is 15.1 Å². The Morgan fingerprint density at radius 1 is 0.971 bits per heavy atom. The fraction of sp³-hybridized carbons (Fsp3) is 0.417. The Kier molecular flexibility index (Phi) is 10.7. The number of sulfonamides is 1. The Balaban J connectivity index is 2.48. The first-order valence-corrected chi connectivity index (χ1v) is 14.1. The number of hydrogen-bond donors (Lipinski definition) is 1. The summed E-state index contributed by atoms with van der Waals surface area (Å²) in [6, 6.07) is 10.4. The number of carbonyl (C=O) groups is 2. The first kappa shape index (κ1) is 29.2. The summed E-state index contributed by atoms with van der Waals surface area (Å²) in [5.41, 5.74) is 0.822. The van der Waals surface area contributed by atoms with Crippen LogP contribution in [0, 0.1) is 0 Å². The molecule has 0 fully saturated rings. The van der Waals surface area contributed by atoms with E-state index in [9.17, 15) is 18.0 Å². The Labute approximate surface area is 222 Å². The van der Waals surface area contributed by atoms with Crippen molar-refractivity contribution >= 4 is 62.3 Å². The summed E-state index contributed by atoms with van der Waals surface area (Å²) in [7, 11) is -3.87. The number of nitrogens with zero attached hydrogens (tertiary/aromatic N) is 2. The molecule has 0 bridgehead atoms. The highest BCUT2D eigenvalue weighted by molar-refractivity contribution is 7.92. The van der Waals surface area contributed by atoms with E-state index in [4.69, 9.17) is 34.8 Å². The lowest BCUT2D eigenvalue weighted by Gasteiger charge is -2.33. The topological polar surface area (TPSA) is 86.8 Å². The molecule has 35 heavy (non-hydrogen) atoms. The van der Waals surface area contributed by atoms with Gasteiger partial charge in [-0.05, 0) is 49.6 Å². The van der Waals surface area contributed by atoms with E-state index in [-0.39, 0.29) is 29.2 Å². The van der Waals surface area contributed by atoms with Gasteiger partial charge in [-0.15, -0.1) is 0 Å². The molecule has 2 atom stereocenters. The van der Waals surface area contributed by atoms with E-state index in [0.717, 1.165) is 17.0 Å². The first-order chi connectivity index (χ1) is 16.4. The molecule has 0 aromatic heterocycles. The summed E-state index contributed by atoms with van der Waals surface area (Å²) in [4.78, 5) is 28.1. The third kappa shape index (κ3) is 8.00. The van der Waals surface area contributed by atoms with E-state index in [1.54, 1.807) is 43.3 Å². The molecular weight excluding hydrogens is 533 g/mol. The Hall–Kier alpha value is -2.00. The third-order valence-corrected chi connectivity index (χ3v) is 7.71. The van der Waals surface area contributed by atoms with Crippen molar-refractivity contribution in [1.29, 1.82) is 0 Å². The molecule has 2 rings (SSSR count). The smallest absolute Gasteiger partial charge is 0.244 e. The molecule has 0 aliphatic heterocycles. The summed E-state index contributed by atoms with van der Waals surface area (Å²) >= 11 is 18.4. The Morgan fingerprint density at radius 3 is 2.17 bits per heavy atom. The molecule has 0 unspecified atom stereocenters. The lowest BCUT2D eigenvalue weighted by atomic mass is 10.1. The molecule has 0 heterocycles. The minimum absolute atomic E-state index is 0.0300. The van der Waals surface area contributed by atoms with E-state index in [1.807, 2.05) is 13.8 Å². The molecule has 1 N–H and O–H groups in total. The highest BCUT2D eigenvalue weighted by atomic mass is 35.5. The maximum atomic E-state index is 13.6. The van der Waals surface area contributed by atoms with Gasteiger partial charge in [0.15, 0.2) is 0 Å². The second kappa shape index (κ2) is 12.8. The number of carbonyl (C=O) groups excluding carboxylic acids is 2. The van der Waals surface area contributed by atoms with Gasteiger partial charge in [-0.25, -0.2) is 8.42 Å². The number of amides is 2. The predicted molar refractivity (Wildman–Crippen MR) is 143 cm³/mol. The number of hydrogen-bond acceptors (Lipinski definition) is 4. The van der Waals surface area contributed by atoms with Crippen LogP contribution >= 0.6 is 34.8 Å². The van der Waals surface area contributed by atoms with Crippen molar-refractivity contribution in [3.63, 3.8) is 0 Å². The molecule has 2 amide bonds. The van der Waals surface area contributed by atoms with E-state index in [1.165, 1.54) is 11.0 Å². The first-order valence-electron chi connectivity index (χ1n) is 11.1. The summed E-state index contributed by atoms with van der Waals surface area (Å²) in [6.07, 6.45) is 2.04. The van der Waals surface area contributed by atoms with Gasteiger partial charge in [-0.3, -0.25) is 13.9 Å². The molecule has 0 aliphatic rings. The lowest BCUT2D eigenvalue weighted by Crippen LogP contribution is -2.53. The zero-order valence-electron chi connectivity index (χ0n) is 20.1. The molecule has 0 radical (unpaired) electrons. The van der Waals surface area contributed by atoms with Crippen LogP contribution in [0.5, 0.6) is 0 Å². The number of halogens is 3. The minimum Gasteiger partial charge on any atom is -0.352 e. The zero-order valence-corrected chi connectivity index (χ0v) is 23.2. The molecule has 2 aromatic carbocycles. The maximum Gasteiger partial charge on any atom is 0.244 e. The van der Waals surface area contributed by atoms with Gasteiger partial charge >= 0.3 is 0 Å². The van der Waals surface area contributed by atoms with Crippen LogP contribution in [0.4, 0.5) is 5.69 Å². The second-order valence-corrected chi connectivity index (χ2v) is 11.4. The molecule has 11 heteroatoms. The van der Waals surface area contributed by atoms with Gasteiger partial charge in [0, 0.05) is 12.6 Å². The average molecular weight is 563 g/mol. The fourth-order valence-electron chi connectivity index (χ4n) is 3.44. The number of nitrogens with one attached hydrogen (secondary N) is 1. The average Bonchev–Trinajstić information content (AvgIpc) is 2.79. The molecule has 7 nitrogen and oxygen atoms in total. The van der Waals surface area contributed by atoms with Crippen molar-refractivity contribution in [2.45, 2.75) is 52.2 Å². The van der Waals surface area contributed by atoms with Gasteiger partial charge < -0.3 is 10.2 Å². The van der Waals surface area contributed by atoms with Crippen LogP contribution in [0.25, 0.3) is 0 Å². The minimum atomic E-state index is -3.87. The quantitative estimate of drug-likeness (QED) is 0.411.